The van der Waals surface area contributed by atoms with Gasteiger partial charge in [-0.1, -0.05) is 34.1 Å². The van der Waals surface area contributed by atoms with Gasteiger partial charge >= 0.3 is 0 Å². The third-order valence-corrected chi connectivity index (χ3v) is 5.12. The lowest BCUT2D eigenvalue weighted by Gasteiger charge is -2.51. The van der Waals surface area contributed by atoms with Gasteiger partial charge in [0, 0.05) is 11.8 Å². The lowest BCUT2D eigenvalue weighted by Crippen LogP contribution is -2.54. The Hall–Kier alpha value is -0.0800. The van der Waals surface area contributed by atoms with Gasteiger partial charge in [0.1, 0.15) is 0 Å². The highest BCUT2D eigenvalue weighted by atomic mass is 16.7. The second kappa shape index (κ2) is 5.92. The van der Waals surface area contributed by atoms with Crippen molar-refractivity contribution in [3.63, 3.8) is 0 Å². The van der Waals surface area contributed by atoms with Crippen LogP contribution in [-0.2, 0) is 9.47 Å². The number of ether oxygens (including phenoxy) is 2. The molecule has 2 fully saturated rings. The molecule has 0 radical (unpaired) electrons. The fourth-order valence-corrected chi connectivity index (χ4v) is 3.97. The first-order valence-corrected chi connectivity index (χ1v) is 7.86. The van der Waals surface area contributed by atoms with E-state index in [1.807, 2.05) is 0 Å². The van der Waals surface area contributed by atoms with Crippen molar-refractivity contribution in [2.24, 2.45) is 23.7 Å². The molecule has 2 nitrogen and oxygen atoms in total. The average molecular weight is 254 g/mol. The fraction of sp³-hybridized carbons (Fsp3) is 1.00. The molecule has 18 heavy (non-hydrogen) atoms. The molecule has 0 aromatic carbocycles. The maximum Gasteiger partial charge on any atom is 0.173 e. The van der Waals surface area contributed by atoms with Crippen molar-refractivity contribution in [3.05, 3.63) is 0 Å². The molecule has 0 aromatic heterocycles. The van der Waals surface area contributed by atoms with Crippen LogP contribution in [0.3, 0.4) is 0 Å². The molecule has 1 saturated carbocycles. The van der Waals surface area contributed by atoms with Crippen molar-refractivity contribution in [1.29, 1.82) is 0 Å². The number of hydrogen-bond acceptors (Lipinski definition) is 2. The standard InChI is InChI=1S/C16H30O2/c1-5-12(2)9-15-10-13(3)16(14(4)11-15)17-7-6-8-18-16/h12-15H,5-11H2,1-4H3. The minimum Gasteiger partial charge on any atom is -0.349 e. The summed E-state index contributed by atoms with van der Waals surface area (Å²) < 4.78 is 12.2. The zero-order valence-electron chi connectivity index (χ0n) is 12.6. The molecule has 1 aliphatic heterocycles. The first-order valence-electron chi connectivity index (χ1n) is 7.86. The van der Waals surface area contributed by atoms with Crippen LogP contribution in [0.15, 0.2) is 0 Å². The summed E-state index contributed by atoms with van der Waals surface area (Å²) in [6.45, 7) is 11.1. The van der Waals surface area contributed by atoms with Crippen LogP contribution in [-0.4, -0.2) is 19.0 Å². The fourth-order valence-electron chi connectivity index (χ4n) is 3.97. The molecule has 0 aromatic rings. The van der Waals surface area contributed by atoms with E-state index in [0.29, 0.717) is 11.8 Å². The molecule has 1 heterocycles. The summed E-state index contributed by atoms with van der Waals surface area (Å²) >= 11 is 0. The van der Waals surface area contributed by atoms with E-state index in [0.717, 1.165) is 31.5 Å². The van der Waals surface area contributed by atoms with Gasteiger partial charge in [0.15, 0.2) is 5.79 Å². The van der Waals surface area contributed by atoms with E-state index in [2.05, 4.69) is 27.7 Å². The Kier molecular flexibility index (Phi) is 4.71. The second-order valence-corrected chi connectivity index (χ2v) is 6.66. The van der Waals surface area contributed by atoms with Crippen molar-refractivity contribution < 1.29 is 9.47 Å². The summed E-state index contributed by atoms with van der Waals surface area (Å²) in [5, 5.41) is 0. The molecule has 1 aliphatic carbocycles. The van der Waals surface area contributed by atoms with E-state index >= 15 is 0 Å². The van der Waals surface area contributed by atoms with Gasteiger partial charge < -0.3 is 9.47 Å². The van der Waals surface area contributed by atoms with Gasteiger partial charge in [0.05, 0.1) is 13.2 Å². The summed E-state index contributed by atoms with van der Waals surface area (Å²) in [4.78, 5) is 0. The van der Waals surface area contributed by atoms with Crippen LogP contribution in [0.4, 0.5) is 0 Å². The monoisotopic (exact) mass is 254 g/mol. The SMILES string of the molecule is CCC(C)CC1CC(C)C2(OCCCO2)C(C)C1. The zero-order valence-corrected chi connectivity index (χ0v) is 12.6. The van der Waals surface area contributed by atoms with Crippen LogP contribution in [0.5, 0.6) is 0 Å². The van der Waals surface area contributed by atoms with Gasteiger partial charge in [-0.2, -0.15) is 0 Å². The quantitative estimate of drug-likeness (QED) is 0.750. The highest BCUT2D eigenvalue weighted by Gasteiger charge is 2.49. The van der Waals surface area contributed by atoms with E-state index in [1.165, 1.54) is 25.7 Å². The van der Waals surface area contributed by atoms with Gasteiger partial charge in [-0.25, -0.2) is 0 Å². The summed E-state index contributed by atoms with van der Waals surface area (Å²) in [5.74, 6) is 2.54. The Morgan fingerprint density at radius 3 is 2.17 bits per heavy atom. The lowest BCUT2D eigenvalue weighted by atomic mass is 9.69. The predicted octanol–water partition coefficient (Wildman–Crippen LogP) is 4.24. The Morgan fingerprint density at radius 1 is 1.11 bits per heavy atom. The maximum atomic E-state index is 6.09. The molecular weight excluding hydrogens is 224 g/mol. The molecule has 2 aliphatic rings. The highest BCUT2D eigenvalue weighted by molar-refractivity contribution is 4.91. The van der Waals surface area contributed by atoms with Crippen LogP contribution < -0.4 is 0 Å². The smallest absolute Gasteiger partial charge is 0.173 e. The van der Waals surface area contributed by atoms with Gasteiger partial charge in [-0.15, -0.1) is 0 Å². The minimum atomic E-state index is -0.260. The van der Waals surface area contributed by atoms with Crippen molar-refractivity contribution >= 4 is 0 Å². The Labute approximate surface area is 112 Å². The van der Waals surface area contributed by atoms with Crippen LogP contribution in [0.1, 0.15) is 59.8 Å². The highest BCUT2D eigenvalue weighted by Crippen LogP contribution is 2.47. The summed E-state index contributed by atoms with van der Waals surface area (Å²) in [5.41, 5.74) is 0. The zero-order chi connectivity index (χ0) is 13.2. The van der Waals surface area contributed by atoms with Gasteiger partial charge in [-0.3, -0.25) is 0 Å². The van der Waals surface area contributed by atoms with Crippen LogP contribution >= 0.6 is 0 Å². The summed E-state index contributed by atoms with van der Waals surface area (Å²) in [6, 6.07) is 0. The molecule has 0 amide bonds. The van der Waals surface area contributed by atoms with Crippen molar-refractivity contribution in [2.45, 2.75) is 65.6 Å². The van der Waals surface area contributed by atoms with Crippen molar-refractivity contribution in [1.82, 2.24) is 0 Å². The molecule has 106 valence electrons. The van der Waals surface area contributed by atoms with E-state index < -0.39 is 0 Å². The normalized spacial score (nSPS) is 37.7. The first kappa shape index (κ1) is 14.3. The third-order valence-electron chi connectivity index (χ3n) is 5.12. The molecule has 1 spiro atoms. The number of rotatable bonds is 3. The van der Waals surface area contributed by atoms with Crippen molar-refractivity contribution in [2.75, 3.05) is 13.2 Å². The van der Waals surface area contributed by atoms with Crippen LogP contribution in [0.2, 0.25) is 0 Å². The molecule has 3 atom stereocenters. The largest absolute Gasteiger partial charge is 0.349 e. The Balaban J connectivity index is 1.98. The van der Waals surface area contributed by atoms with E-state index in [1.54, 1.807) is 0 Å². The van der Waals surface area contributed by atoms with E-state index in [9.17, 15) is 0 Å². The van der Waals surface area contributed by atoms with Crippen LogP contribution in [0.25, 0.3) is 0 Å². The summed E-state index contributed by atoms with van der Waals surface area (Å²) in [7, 11) is 0. The lowest BCUT2D eigenvalue weighted by molar-refractivity contribution is -0.329. The summed E-state index contributed by atoms with van der Waals surface area (Å²) in [6.07, 6.45) is 6.28. The Bertz CT molecular complexity index is 244. The number of hydrogen-bond donors (Lipinski definition) is 0. The first-order chi connectivity index (χ1) is 8.58. The third kappa shape index (κ3) is 2.75. The van der Waals surface area contributed by atoms with Gasteiger partial charge in [0.2, 0.25) is 0 Å². The molecule has 0 N–H and O–H groups in total. The minimum absolute atomic E-state index is 0.260. The molecule has 2 heteroatoms. The second-order valence-electron chi connectivity index (χ2n) is 6.66. The van der Waals surface area contributed by atoms with Gasteiger partial charge in [-0.05, 0) is 37.5 Å². The average Bonchev–Trinajstić information content (AvgIpc) is 2.37. The Morgan fingerprint density at radius 2 is 1.67 bits per heavy atom. The molecule has 3 unspecified atom stereocenters. The maximum absolute atomic E-state index is 6.09. The van der Waals surface area contributed by atoms with E-state index in [4.69, 9.17) is 9.47 Å². The topological polar surface area (TPSA) is 18.5 Å². The van der Waals surface area contributed by atoms with Crippen molar-refractivity contribution in [3.8, 4) is 0 Å². The van der Waals surface area contributed by atoms with E-state index in [-0.39, 0.29) is 5.79 Å². The van der Waals surface area contributed by atoms with Crippen LogP contribution in [0, 0.1) is 23.7 Å². The molecular formula is C16H30O2. The van der Waals surface area contributed by atoms with Gasteiger partial charge in [0.25, 0.3) is 0 Å². The molecule has 0 bridgehead atoms. The molecule has 1 saturated heterocycles. The molecule has 2 rings (SSSR count). The predicted molar refractivity (Wildman–Crippen MR) is 74.4 cm³/mol.